The minimum absolute atomic E-state index is 0.157. The predicted octanol–water partition coefficient (Wildman–Crippen LogP) is 5.80. The van der Waals surface area contributed by atoms with Gasteiger partial charge >= 0.3 is 0 Å². The molecule has 1 aromatic carbocycles. The summed E-state index contributed by atoms with van der Waals surface area (Å²) in [6, 6.07) is 15.0. The lowest BCUT2D eigenvalue weighted by Crippen LogP contribution is -2.41. The van der Waals surface area contributed by atoms with Gasteiger partial charge in [-0.1, -0.05) is 44.5 Å². The first kappa shape index (κ1) is 18.1. The Morgan fingerprint density at radius 1 is 0.897 bits per heavy atom. The highest BCUT2D eigenvalue weighted by atomic mass is 15.5. The van der Waals surface area contributed by atoms with E-state index in [2.05, 4.69) is 68.9 Å². The molecule has 2 aliphatic heterocycles. The molecule has 0 aliphatic carbocycles. The van der Waals surface area contributed by atoms with Gasteiger partial charge in [0.25, 0.3) is 0 Å². The van der Waals surface area contributed by atoms with Crippen LogP contribution in [0.25, 0.3) is 0 Å². The van der Waals surface area contributed by atoms with Crippen LogP contribution < -0.4 is 9.80 Å². The zero-order valence-corrected chi connectivity index (χ0v) is 17.1. The van der Waals surface area contributed by atoms with Crippen LogP contribution in [0.5, 0.6) is 0 Å². The Morgan fingerprint density at radius 2 is 1.76 bits per heavy atom. The average molecular weight is 386 g/mol. The Morgan fingerprint density at radius 3 is 2.55 bits per heavy atom. The van der Waals surface area contributed by atoms with Gasteiger partial charge in [0.05, 0.1) is 6.20 Å². The summed E-state index contributed by atoms with van der Waals surface area (Å²) in [6.07, 6.45) is 10.2. The molecule has 0 fully saturated rings. The molecule has 0 radical (unpaired) electrons. The molecule has 148 valence electrons. The second kappa shape index (κ2) is 7.47. The lowest BCUT2D eigenvalue weighted by Gasteiger charge is -2.39. The highest BCUT2D eigenvalue weighted by Gasteiger charge is 2.42. The van der Waals surface area contributed by atoms with Crippen molar-refractivity contribution in [1.82, 2.24) is 15.0 Å². The molecule has 2 aliphatic rings. The van der Waals surface area contributed by atoms with E-state index in [1.165, 1.54) is 24.1 Å². The van der Waals surface area contributed by atoms with Crippen LogP contribution in [0.4, 0.5) is 23.0 Å². The summed E-state index contributed by atoms with van der Waals surface area (Å²) in [5.41, 5.74) is 3.81. The monoisotopic (exact) mass is 385 g/mol. The van der Waals surface area contributed by atoms with Gasteiger partial charge in [-0.2, -0.15) is 0 Å². The second-order valence-corrected chi connectivity index (χ2v) is 7.96. The summed E-state index contributed by atoms with van der Waals surface area (Å²) in [5.74, 6) is 3.15. The normalized spacial score (nSPS) is 23.0. The number of pyridine rings is 1. The van der Waals surface area contributed by atoms with Crippen molar-refractivity contribution >= 4 is 23.0 Å². The summed E-state index contributed by atoms with van der Waals surface area (Å²) in [4.78, 5) is 18.5. The third-order valence-corrected chi connectivity index (χ3v) is 6.58. The predicted molar refractivity (Wildman–Crippen MR) is 117 cm³/mol. The first-order valence-corrected chi connectivity index (χ1v) is 10.7. The van der Waals surface area contributed by atoms with Crippen molar-refractivity contribution in [3.63, 3.8) is 0 Å². The Kier molecular flexibility index (Phi) is 4.66. The molecular weight excluding hydrogens is 358 g/mol. The molecule has 0 N–H and O–H groups in total. The van der Waals surface area contributed by atoms with Gasteiger partial charge in [-0.3, -0.25) is 4.90 Å². The number of para-hydroxylation sites is 1. The molecule has 0 amide bonds. The first-order valence-electron chi connectivity index (χ1n) is 10.7. The van der Waals surface area contributed by atoms with Crippen LogP contribution >= 0.6 is 0 Å². The molecule has 2 aromatic heterocycles. The van der Waals surface area contributed by atoms with Crippen LogP contribution in [-0.4, -0.2) is 21.1 Å². The first-order chi connectivity index (χ1) is 14.3. The molecule has 0 spiro atoms. The van der Waals surface area contributed by atoms with Gasteiger partial charge in [0.15, 0.2) is 5.82 Å². The van der Waals surface area contributed by atoms with Crippen molar-refractivity contribution in [3.8, 4) is 0 Å². The molecular formula is C24H27N5. The quantitative estimate of drug-likeness (QED) is 0.570. The number of nitrogens with zero attached hydrogens (tertiary/aromatic N) is 5. The fourth-order valence-electron chi connectivity index (χ4n) is 5.28. The van der Waals surface area contributed by atoms with Crippen LogP contribution in [0.1, 0.15) is 51.0 Å². The van der Waals surface area contributed by atoms with Gasteiger partial charge in [-0.05, 0) is 54.9 Å². The third kappa shape index (κ3) is 2.87. The van der Waals surface area contributed by atoms with Crippen LogP contribution in [0, 0.1) is 5.92 Å². The molecule has 5 rings (SSSR count). The minimum atomic E-state index is 0.157. The molecule has 5 heteroatoms. The fraction of sp³-hybridized carbons (Fsp3) is 0.375. The van der Waals surface area contributed by atoms with Gasteiger partial charge in [0.1, 0.15) is 24.0 Å². The van der Waals surface area contributed by atoms with Gasteiger partial charge in [0, 0.05) is 11.9 Å². The van der Waals surface area contributed by atoms with Gasteiger partial charge < -0.3 is 4.90 Å². The van der Waals surface area contributed by atoms with Gasteiger partial charge in [-0.15, -0.1) is 0 Å². The lowest BCUT2D eigenvalue weighted by atomic mass is 9.77. The van der Waals surface area contributed by atoms with Crippen molar-refractivity contribution < 1.29 is 0 Å². The third-order valence-electron chi connectivity index (χ3n) is 6.58. The molecule has 0 saturated carbocycles. The van der Waals surface area contributed by atoms with Crippen LogP contribution in [0.15, 0.2) is 61.2 Å². The molecule has 3 atom stereocenters. The van der Waals surface area contributed by atoms with E-state index in [1.807, 2.05) is 24.5 Å². The largest absolute Gasteiger partial charge is 0.315 e. The van der Waals surface area contributed by atoms with Crippen LogP contribution in [-0.2, 0) is 0 Å². The molecule has 0 bridgehead atoms. The molecule has 29 heavy (non-hydrogen) atoms. The molecule has 3 unspecified atom stereocenters. The number of benzene rings is 1. The zero-order valence-electron chi connectivity index (χ0n) is 17.1. The maximum atomic E-state index is 4.69. The van der Waals surface area contributed by atoms with Crippen molar-refractivity contribution in [3.05, 3.63) is 66.7 Å². The molecule has 0 saturated heterocycles. The van der Waals surface area contributed by atoms with Gasteiger partial charge in [0.2, 0.25) is 0 Å². The fourth-order valence-corrected chi connectivity index (χ4v) is 5.28. The lowest BCUT2D eigenvalue weighted by molar-refractivity contribution is 0.346. The summed E-state index contributed by atoms with van der Waals surface area (Å²) >= 11 is 0. The van der Waals surface area contributed by atoms with Crippen molar-refractivity contribution in [2.24, 2.45) is 5.92 Å². The molecule has 5 nitrogen and oxygen atoms in total. The SMILES string of the molecule is CCC1CCC2N(c3ccccc3C1CC)c1cncnc1N2c1ccccn1. The Bertz CT molecular complexity index is 989. The summed E-state index contributed by atoms with van der Waals surface area (Å²) in [6.45, 7) is 4.66. The van der Waals surface area contributed by atoms with E-state index in [0.29, 0.717) is 11.8 Å². The standard InChI is InChI=1S/C24H27N5/c1-3-17-12-13-23-28(20-10-6-5-9-19(20)18(17)4-2)21-15-25-16-27-24(21)29(23)22-11-7-8-14-26-22/h5-11,14-18,23H,3-4,12-13H2,1-2H3. The van der Waals surface area contributed by atoms with E-state index in [9.17, 15) is 0 Å². The number of rotatable bonds is 3. The average Bonchev–Trinajstić information content (AvgIpc) is 3.09. The van der Waals surface area contributed by atoms with E-state index in [-0.39, 0.29) is 6.17 Å². The van der Waals surface area contributed by atoms with Crippen molar-refractivity contribution in [2.75, 3.05) is 9.80 Å². The number of anilines is 4. The zero-order chi connectivity index (χ0) is 19.8. The van der Waals surface area contributed by atoms with E-state index in [1.54, 1.807) is 6.33 Å². The van der Waals surface area contributed by atoms with E-state index in [0.717, 1.165) is 30.2 Å². The maximum absolute atomic E-state index is 4.69. The smallest absolute Gasteiger partial charge is 0.163 e. The Balaban J connectivity index is 1.72. The Hall–Kier alpha value is -2.95. The highest BCUT2D eigenvalue weighted by molar-refractivity contribution is 5.85. The van der Waals surface area contributed by atoms with Crippen LogP contribution in [0.2, 0.25) is 0 Å². The molecule has 3 aromatic rings. The minimum Gasteiger partial charge on any atom is -0.315 e. The van der Waals surface area contributed by atoms with E-state index >= 15 is 0 Å². The number of aromatic nitrogens is 3. The van der Waals surface area contributed by atoms with E-state index in [4.69, 9.17) is 0 Å². The maximum Gasteiger partial charge on any atom is 0.163 e. The number of fused-ring (bicyclic) bond motifs is 5. The van der Waals surface area contributed by atoms with Crippen molar-refractivity contribution in [1.29, 1.82) is 0 Å². The summed E-state index contributed by atoms with van der Waals surface area (Å²) < 4.78 is 0. The summed E-state index contributed by atoms with van der Waals surface area (Å²) in [5, 5.41) is 0. The van der Waals surface area contributed by atoms with Gasteiger partial charge in [-0.25, -0.2) is 15.0 Å². The Labute approximate surface area is 172 Å². The van der Waals surface area contributed by atoms with Crippen molar-refractivity contribution in [2.45, 2.75) is 51.6 Å². The number of hydrogen-bond donors (Lipinski definition) is 0. The summed E-state index contributed by atoms with van der Waals surface area (Å²) in [7, 11) is 0. The molecule has 4 heterocycles. The van der Waals surface area contributed by atoms with Crippen LogP contribution in [0.3, 0.4) is 0 Å². The second-order valence-electron chi connectivity index (χ2n) is 7.96. The number of hydrogen-bond acceptors (Lipinski definition) is 5. The topological polar surface area (TPSA) is 45.2 Å². The van der Waals surface area contributed by atoms with E-state index < -0.39 is 0 Å². The highest BCUT2D eigenvalue weighted by Crippen LogP contribution is 2.51.